The van der Waals surface area contributed by atoms with E-state index in [0.29, 0.717) is 17.0 Å². The number of thiophene rings is 1. The molecule has 0 atom stereocenters. The molecule has 0 aliphatic heterocycles. The lowest BCUT2D eigenvalue weighted by Gasteiger charge is -2.10. The average Bonchev–Trinajstić information content (AvgIpc) is 3.18. The molecular formula is C22H13N5OS. The Labute approximate surface area is 169 Å². The molecule has 0 saturated heterocycles. The van der Waals surface area contributed by atoms with Crippen LogP contribution in [-0.2, 0) is 0 Å². The molecule has 0 spiro atoms. The van der Waals surface area contributed by atoms with Crippen LogP contribution < -0.4 is 5.43 Å². The molecule has 0 bridgehead atoms. The van der Waals surface area contributed by atoms with Crippen molar-refractivity contribution >= 4 is 33.4 Å². The number of nitrogens with one attached hydrogen (secondary N) is 1. The second kappa shape index (κ2) is 6.62. The third-order valence-corrected chi connectivity index (χ3v) is 5.64. The lowest BCUT2D eigenvalue weighted by Crippen LogP contribution is -2.08. The highest BCUT2D eigenvalue weighted by Gasteiger charge is 2.17. The van der Waals surface area contributed by atoms with Gasteiger partial charge < -0.3 is 4.98 Å². The van der Waals surface area contributed by atoms with Crippen LogP contribution in [0.25, 0.3) is 43.9 Å². The van der Waals surface area contributed by atoms with Crippen LogP contribution in [0.1, 0.15) is 10.6 Å². The van der Waals surface area contributed by atoms with Gasteiger partial charge in [0.2, 0.25) is 5.43 Å². The Balaban J connectivity index is 1.85. The smallest absolute Gasteiger partial charge is 0.210 e. The molecule has 0 saturated carbocycles. The topological polar surface area (TPSA) is 95.3 Å². The summed E-state index contributed by atoms with van der Waals surface area (Å²) in [6.45, 7) is 2.03. The highest BCUT2D eigenvalue weighted by molar-refractivity contribution is 7.15. The number of nitrogens with zero attached hydrogens (tertiary/aromatic N) is 4. The van der Waals surface area contributed by atoms with Crippen molar-refractivity contribution in [3.05, 3.63) is 75.5 Å². The van der Waals surface area contributed by atoms with Crippen molar-refractivity contribution in [2.75, 3.05) is 0 Å². The summed E-state index contributed by atoms with van der Waals surface area (Å²) in [5.74, 6) is 0. The standard InChI is InChI=1S/C22H13N5OS/c1-12-4-7-18(29-12)21-19(14-5-6-16-13(9-14)3-2-8-24-16)26-20-17(28)10-15(11-23)25-22(20)27-21/h2-10H,1H3,(H,25,27,28). The first-order valence-corrected chi connectivity index (χ1v) is 9.71. The van der Waals surface area contributed by atoms with Gasteiger partial charge in [0.05, 0.1) is 16.1 Å². The molecule has 0 unspecified atom stereocenters. The van der Waals surface area contributed by atoms with Gasteiger partial charge in [0, 0.05) is 28.1 Å². The molecule has 4 aromatic heterocycles. The summed E-state index contributed by atoms with van der Waals surface area (Å²) in [5, 5.41) is 10.2. The average molecular weight is 395 g/mol. The van der Waals surface area contributed by atoms with Gasteiger partial charge in [0.1, 0.15) is 17.5 Å². The molecule has 5 rings (SSSR count). The number of aromatic amines is 1. The van der Waals surface area contributed by atoms with Crippen molar-refractivity contribution in [2.45, 2.75) is 6.92 Å². The van der Waals surface area contributed by atoms with Crippen LogP contribution in [0.15, 0.2) is 59.5 Å². The Bertz CT molecular complexity index is 1510. The summed E-state index contributed by atoms with van der Waals surface area (Å²) in [6, 6.07) is 17.0. The van der Waals surface area contributed by atoms with Crippen LogP contribution in [-0.4, -0.2) is 19.9 Å². The van der Waals surface area contributed by atoms with Gasteiger partial charge in [-0.25, -0.2) is 9.97 Å². The Kier molecular flexibility index (Phi) is 3.93. The fraction of sp³-hybridized carbons (Fsp3) is 0.0455. The Morgan fingerprint density at radius 1 is 1.07 bits per heavy atom. The minimum absolute atomic E-state index is 0.162. The van der Waals surface area contributed by atoms with Crippen LogP contribution >= 0.6 is 11.3 Å². The largest absolute Gasteiger partial charge is 0.329 e. The fourth-order valence-electron chi connectivity index (χ4n) is 3.28. The number of nitriles is 1. The SMILES string of the molecule is Cc1ccc(-c2nc3[nH]c(C#N)cc(=O)c3nc2-c2ccc3ncccc3c2)s1. The van der Waals surface area contributed by atoms with Gasteiger partial charge in [-0.2, -0.15) is 5.26 Å². The van der Waals surface area contributed by atoms with Gasteiger partial charge in [0.25, 0.3) is 0 Å². The molecular weight excluding hydrogens is 382 g/mol. The Morgan fingerprint density at radius 3 is 2.76 bits per heavy atom. The van der Waals surface area contributed by atoms with Crippen molar-refractivity contribution in [1.82, 2.24) is 19.9 Å². The van der Waals surface area contributed by atoms with Crippen molar-refractivity contribution in [3.63, 3.8) is 0 Å². The lowest BCUT2D eigenvalue weighted by atomic mass is 10.1. The third-order valence-electron chi connectivity index (χ3n) is 4.63. The van der Waals surface area contributed by atoms with Crippen LogP contribution in [0.3, 0.4) is 0 Å². The van der Waals surface area contributed by atoms with Crippen molar-refractivity contribution in [2.24, 2.45) is 0 Å². The van der Waals surface area contributed by atoms with Crippen molar-refractivity contribution < 1.29 is 0 Å². The molecule has 29 heavy (non-hydrogen) atoms. The minimum Gasteiger partial charge on any atom is -0.329 e. The lowest BCUT2D eigenvalue weighted by molar-refractivity contribution is 1.20. The number of benzene rings is 1. The van der Waals surface area contributed by atoms with Gasteiger partial charge in [-0.1, -0.05) is 12.1 Å². The number of rotatable bonds is 2. The van der Waals surface area contributed by atoms with E-state index in [-0.39, 0.29) is 16.6 Å². The molecule has 5 aromatic rings. The molecule has 1 aromatic carbocycles. The quantitative estimate of drug-likeness (QED) is 0.477. The number of fused-ring (bicyclic) bond motifs is 2. The molecule has 0 amide bonds. The van der Waals surface area contributed by atoms with E-state index in [9.17, 15) is 10.1 Å². The number of aryl methyl sites for hydroxylation is 1. The second-order valence-corrected chi connectivity index (χ2v) is 7.89. The first-order valence-electron chi connectivity index (χ1n) is 8.89. The van der Waals surface area contributed by atoms with Crippen LogP contribution in [0.2, 0.25) is 0 Å². The number of hydrogen-bond acceptors (Lipinski definition) is 6. The van der Waals surface area contributed by atoms with E-state index < -0.39 is 0 Å². The summed E-state index contributed by atoms with van der Waals surface area (Å²) in [5.41, 5.74) is 3.38. The van der Waals surface area contributed by atoms with E-state index in [0.717, 1.165) is 26.2 Å². The second-order valence-electron chi connectivity index (χ2n) is 6.60. The van der Waals surface area contributed by atoms with Gasteiger partial charge >= 0.3 is 0 Å². The van der Waals surface area contributed by atoms with Gasteiger partial charge in [-0.15, -0.1) is 11.3 Å². The molecule has 0 radical (unpaired) electrons. The van der Waals surface area contributed by atoms with Crippen LogP contribution in [0, 0.1) is 18.3 Å². The van der Waals surface area contributed by atoms with E-state index in [1.165, 1.54) is 6.07 Å². The normalized spacial score (nSPS) is 11.0. The predicted molar refractivity (Wildman–Crippen MR) is 114 cm³/mol. The first kappa shape index (κ1) is 17.2. The monoisotopic (exact) mass is 395 g/mol. The molecule has 0 fully saturated rings. The van der Waals surface area contributed by atoms with E-state index in [2.05, 4.69) is 15.0 Å². The highest BCUT2D eigenvalue weighted by Crippen LogP contribution is 2.35. The summed E-state index contributed by atoms with van der Waals surface area (Å²) in [7, 11) is 0. The summed E-state index contributed by atoms with van der Waals surface area (Å²) < 4.78 is 0. The Morgan fingerprint density at radius 2 is 1.97 bits per heavy atom. The molecule has 0 aliphatic rings. The third kappa shape index (κ3) is 2.96. The maximum absolute atomic E-state index is 12.5. The zero-order valence-electron chi connectivity index (χ0n) is 15.3. The number of aromatic nitrogens is 4. The number of H-pyrrole nitrogens is 1. The van der Waals surface area contributed by atoms with Crippen molar-refractivity contribution in [3.8, 4) is 27.9 Å². The molecule has 4 heterocycles. The summed E-state index contributed by atoms with van der Waals surface area (Å²) in [6.07, 6.45) is 1.75. The van der Waals surface area contributed by atoms with Gasteiger partial charge in [-0.3, -0.25) is 9.78 Å². The summed E-state index contributed by atoms with van der Waals surface area (Å²) in [4.78, 5) is 31.3. The molecule has 1 N–H and O–H groups in total. The zero-order chi connectivity index (χ0) is 20.0. The van der Waals surface area contributed by atoms with Crippen molar-refractivity contribution in [1.29, 1.82) is 5.26 Å². The fourth-order valence-corrected chi connectivity index (χ4v) is 4.13. The molecule has 0 aliphatic carbocycles. The minimum atomic E-state index is -0.333. The first-order chi connectivity index (χ1) is 14.1. The van der Waals surface area contributed by atoms with Crippen LogP contribution in [0.5, 0.6) is 0 Å². The summed E-state index contributed by atoms with van der Waals surface area (Å²) >= 11 is 1.60. The van der Waals surface area contributed by atoms with Crippen LogP contribution in [0.4, 0.5) is 0 Å². The predicted octanol–water partition coefficient (Wildman–Crippen LogP) is 4.44. The number of hydrogen-bond donors (Lipinski definition) is 1. The van der Waals surface area contributed by atoms with E-state index >= 15 is 0 Å². The molecule has 6 nitrogen and oxygen atoms in total. The van der Waals surface area contributed by atoms with E-state index in [1.54, 1.807) is 17.5 Å². The van der Waals surface area contributed by atoms with E-state index in [4.69, 9.17) is 4.98 Å². The maximum atomic E-state index is 12.5. The highest BCUT2D eigenvalue weighted by atomic mass is 32.1. The maximum Gasteiger partial charge on any atom is 0.210 e. The molecule has 138 valence electrons. The van der Waals surface area contributed by atoms with Gasteiger partial charge in [-0.05, 0) is 37.3 Å². The number of pyridine rings is 2. The zero-order valence-corrected chi connectivity index (χ0v) is 16.1. The van der Waals surface area contributed by atoms with Gasteiger partial charge in [0.15, 0.2) is 11.2 Å². The van der Waals surface area contributed by atoms with E-state index in [1.807, 2.05) is 55.5 Å². The Hall–Kier alpha value is -3.89. The molecule has 7 heteroatoms.